The fourth-order valence-corrected chi connectivity index (χ4v) is 3.50. The molecule has 1 unspecified atom stereocenters. The van der Waals surface area contributed by atoms with Gasteiger partial charge in [-0.05, 0) is 19.9 Å². The third kappa shape index (κ3) is 2.30. The second-order valence-electron chi connectivity index (χ2n) is 6.30. The lowest BCUT2D eigenvalue weighted by Gasteiger charge is -2.50. The summed E-state index contributed by atoms with van der Waals surface area (Å²) in [4.78, 5) is 14.3. The number of hydrogen-bond donors (Lipinski definition) is 1. The van der Waals surface area contributed by atoms with Crippen LogP contribution in [0.25, 0.3) is 0 Å². The van der Waals surface area contributed by atoms with E-state index >= 15 is 0 Å². The minimum atomic E-state index is -1.04. The number of aliphatic carboxylic acids is 1. The number of fused-ring (bicyclic) bond motifs is 1. The first kappa shape index (κ1) is 14.4. The van der Waals surface area contributed by atoms with Crippen LogP contribution in [0.5, 0.6) is 5.75 Å². The second-order valence-corrected chi connectivity index (χ2v) is 6.30. The summed E-state index contributed by atoms with van der Waals surface area (Å²) >= 11 is 0. The molecular weight excluding hydrogens is 270 g/mol. The van der Waals surface area contributed by atoms with Crippen LogP contribution in [0.1, 0.15) is 25.8 Å². The summed E-state index contributed by atoms with van der Waals surface area (Å²) < 4.78 is 11.4. The number of carboxylic acids is 1. The molecule has 2 heterocycles. The quantitative estimate of drug-likeness (QED) is 0.901. The SMILES string of the molecule is CC1(C)CC(C(=O)O)(N2CCOCC2)c2ccccc2O1. The molecule has 114 valence electrons. The standard InChI is InChI=1S/C16H21NO4/c1-15(2)11-16(14(18)19,17-7-9-20-10-8-17)12-5-3-4-6-13(12)21-15/h3-6H,7-11H2,1-2H3,(H,18,19). The van der Waals surface area contributed by atoms with Gasteiger partial charge in [-0.15, -0.1) is 0 Å². The van der Waals surface area contributed by atoms with E-state index in [1.807, 2.05) is 43.0 Å². The van der Waals surface area contributed by atoms with Gasteiger partial charge in [0, 0.05) is 25.1 Å². The molecule has 5 nitrogen and oxygen atoms in total. The zero-order valence-corrected chi connectivity index (χ0v) is 12.5. The van der Waals surface area contributed by atoms with Crippen molar-refractivity contribution in [3.8, 4) is 5.75 Å². The van der Waals surface area contributed by atoms with E-state index in [0.717, 1.165) is 5.56 Å². The van der Waals surface area contributed by atoms with Crippen molar-refractivity contribution < 1.29 is 19.4 Å². The molecule has 1 saturated heterocycles. The van der Waals surface area contributed by atoms with Crippen LogP contribution in [0.4, 0.5) is 0 Å². The number of rotatable bonds is 2. The highest BCUT2D eigenvalue weighted by atomic mass is 16.5. The Bertz CT molecular complexity index is 551. The average molecular weight is 291 g/mol. The predicted molar refractivity (Wildman–Crippen MR) is 77.5 cm³/mol. The van der Waals surface area contributed by atoms with E-state index in [-0.39, 0.29) is 0 Å². The first-order chi connectivity index (χ1) is 9.96. The molecule has 1 atom stereocenters. The molecule has 2 aliphatic heterocycles. The number of hydrogen-bond acceptors (Lipinski definition) is 4. The molecule has 1 N–H and O–H groups in total. The van der Waals surface area contributed by atoms with E-state index in [4.69, 9.17) is 9.47 Å². The molecule has 3 rings (SSSR count). The summed E-state index contributed by atoms with van der Waals surface area (Å²) in [5.41, 5.74) is -0.814. The van der Waals surface area contributed by atoms with Gasteiger partial charge in [0.1, 0.15) is 11.4 Å². The number of carboxylic acid groups (broad SMARTS) is 1. The number of ether oxygens (including phenoxy) is 2. The molecule has 21 heavy (non-hydrogen) atoms. The first-order valence-electron chi connectivity index (χ1n) is 7.30. The van der Waals surface area contributed by atoms with E-state index in [2.05, 4.69) is 0 Å². The Morgan fingerprint density at radius 2 is 1.90 bits per heavy atom. The Morgan fingerprint density at radius 1 is 1.24 bits per heavy atom. The molecule has 5 heteroatoms. The van der Waals surface area contributed by atoms with Gasteiger partial charge >= 0.3 is 5.97 Å². The summed E-state index contributed by atoms with van der Waals surface area (Å²) in [6.07, 6.45) is 0.423. The van der Waals surface area contributed by atoms with Crippen LogP contribution in [0, 0.1) is 0 Å². The highest BCUT2D eigenvalue weighted by Crippen LogP contribution is 2.47. The van der Waals surface area contributed by atoms with Crippen molar-refractivity contribution in [1.29, 1.82) is 0 Å². The third-order valence-electron chi connectivity index (χ3n) is 4.31. The van der Waals surface area contributed by atoms with Crippen molar-refractivity contribution in [1.82, 2.24) is 4.90 Å². The topological polar surface area (TPSA) is 59.0 Å². The molecule has 0 bridgehead atoms. The Morgan fingerprint density at radius 3 is 2.57 bits per heavy atom. The molecule has 1 aromatic carbocycles. The Labute approximate surface area is 124 Å². The van der Waals surface area contributed by atoms with Crippen LogP contribution in [-0.4, -0.2) is 47.9 Å². The highest BCUT2D eigenvalue weighted by molar-refractivity contribution is 5.82. The summed E-state index contributed by atoms with van der Waals surface area (Å²) in [6, 6.07) is 7.48. The van der Waals surface area contributed by atoms with E-state index in [1.54, 1.807) is 0 Å². The minimum absolute atomic E-state index is 0.423. The van der Waals surface area contributed by atoms with Gasteiger partial charge < -0.3 is 14.6 Å². The summed E-state index contributed by atoms with van der Waals surface area (Å²) in [7, 11) is 0. The maximum atomic E-state index is 12.3. The van der Waals surface area contributed by atoms with Crippen molar-refractivity contribution in [2.45, 2.75) is 31.4 Å². The smallest absolute Gasteiger partial charge is 0.329 e. The normalized spacial score (nSPS) is 28.5. The molecule has 0 radical (unpaired) electrons. The van der Waals surface area contributed by atoms with Crippen molar-refractivity contribution in [3.05, 3.63) is 29.8 Å². The van der Waals surface area contributed by atoms with Gasteiger partial charge in [-0.1, -0.05) is 18.2 Å². The van der Waals surface area contributed by atoms with E-state index in [9.17, 15) is 9.90 Å². The monoisotopic (exact) mass is 291 g/mol. The molecule has 0 amide bonds. The summed E-state index contributed by atoms with van der Waals surface area (Å²) in [5.74, 6) is -0.143. The molecular formula is C16H21NO4. The summed E-state index contributed by atoms with van der Waals surface area (Å²) in [5, 5.41) is 10.1. The molecule has 0 aromatic heterocycles. The lowest BCUT2D eigenvalue weighted by atomic mass is 9.76. The minimum Gasteiger partial charge on any atom is -0.487 e. The number of morpholine rings is 1. The van der Waals surface area contributed by atoms with E-state index < -0.39 is 17.1 Å². The van der Waals surface area contributed by atoms with Crippen molar-refractivity contribution in [3.63, 3.8) is 0 Å². The maximum absolute atomic E-state index is 12.3. The first-order valence-corrected chi connectivity index (χ1v) is 7.30. The zero-order valence-electron chi connectivity index (χ0n) is 12.5. The lowest BCUT2D eigenvalue weighted by molar-refractivity contribution is -0.163. The van der Waals surface area contributed by atoms with Gasteiger partial charge in [0.05, 0.1) is 13.2 Å². The second kappa shape index (κ2) is 5.00. The average Bonchev–Trinajstić information content (AvgIpc) is 2.46. The van der Waals surface area contributed by atoms with E-state index in [0.29, 0.717) is 38.5 Å². The molecule has 0 saturated carbocycles. The molecule has 1 aromatic rings. The van der Waals surface area contributed by atoms with Gasteiger partial charge in [-0.25, -0.2) is 4.79 Å². The van der Waals surface area contributed by atoms with Crippen molar-refractivity contribution in [2.75, 3.05) is 26.3 Å². The molecule has 1 fully saturated rings. The van der Waals surface area contributed by atoms with Crippen molar-refractivity contribution >= 4 is 5.97 Å². The van der Waals surface area contributed by atoms with Crippen LogP contribution in [0.3, 0.4) is 0 Å². The van der Waals surface area contributed by atoms with Gasteiger partial charge in [0.2, 0.25) is 0 Å². The van der Waals surface area contributed by atoms with Crippen molar-refractivity contribution in [2.24, 2.45) is 0 Å². The maximum Gasteiger partial charge on any atom is 0.329 e. The van der Waals surface area contributed by atoms with Crippen LogP contribution >= 0.6 is 0 Å². The van der Waals surface area contributed by atoms with Crippen LogP contribution < -0.4 is 4.74 Å². The Kier molecular flexibility index (Phi) is 3.42. The summed E-state index contributed by atoms with van der Waals surface area (Å²) in [6.45, 7) is 6.27. The van der Waals surface area contributed by atoms with E-state index in [1.165, 1.54) is 0 Å². The number of benzene rings is 1. The van der Waals surface area contributed by atoms with Crippen LogP contribution in [-0.2, 0) is 15.1 Å². The van der Waals surface area contributed by atoms with Crippen LogP contribution in [0.2, 0.25) is 0 Å². The zero-order chi connectivity index (χ0) is 15.1. The number of nitrogens with zero attached hydrogens (tertiary/aromatic N) is 1. The molecule has 0 aliphatic carbocycles. The number of para-hydroxylation sites is 1. The Balaban J connectivity index is 2.16. The number of carbonyl (C=O) groups is 1. The third-order valence-corrected chi connectivity index (χ3v) is 4.31. The van der Waals surface area contributed by atoms with Gasteiger partial charge in [0.15, 0.2) is 5.54 Å². The highest BCUT2D eigenvalue weighted by Gasteiger charge is 2.54. The Hall–Kier alpha value is -1.59. The van der Waals surface area contributed by atoms with Gasteiger partial charge in [-0.2, -0.15) is 0 Å². The fourth-order valence-electron chi connectivity index (χ4n) is 3.50. The van der Waals surface area contributed by atoms with Crippen LogP contribution in [0.15, 0.2) is 24.3 Å². The predicted octanol–water partition coefficient (Wildman–Crippen LogP) is 1.86. The lowest BCUT2D eigenvalue weighted by Crippen LogP contribution is -2.61. The molecule has 2 aliphatic rings. The molecule has 0 spiro atoms. The van der Waals surface area contributed by atoms with Gasteiger partial charge in [0.25, 0.3) is 0 Å². The fraction of sp³-hybridized carbons (Fsp3) is 0.562. The largest absolute Gasteiger partial charge is 0.487 e. The van der Waals surface area contributed by atoms with Gasteiger partial charge in [-0.3, -0.25) is 4.90 Å².